The molecule has 4 heteroatoms. The van der Waals surface area contributed by atoms with Gasteiger partial charge in [0.15, 0.2) is 0 Å². The molecule has 1 heterocycles. The monoisotopic (exact) mass is 193 g/mol. The van der Waals surface area contributed by atoms with Crippen LogP contribution < -0.4 is 5.32 Å². The Morgan fingerprint density at radius 1 is 1.71 bits per heavy atom. The summed E-state index contributed by atoms with van der Waals surface area (Å²) < 4.78 is 1.80. The Morgan fingerprint density at radius 3 is 3.07 bits per heavy atom. The van der Waals surface area contributed by atoms with Gasteiger partial charge in [-0.25, -0.2) is 0 Å². The lowest BCUT2D eigenvalue weighted by Crippen LogP contribution is -2.20. The number of carbonyl (C=O) groups excluding carboxylic acids is 1. The molecule has 76 valence electrons. The first-order valence-electron chi connectivity index (χ1n) is 4.59. The number of aryl methyl sites for hydroxylation is 1. The van der Waals surface area contributed by atoms with Gasteiger partial charge in [-0.1, -0.05) is 6.08 Å². The van der Waals surface area contributed by atoms with Crippen LogP contribution in [0.4, 0.5) is 0 Å². The minimum Gasteiger partial charge on any atom is -0.356 e. The van der Waals surface area contributed by atoms with Crippen molar-refractivity contribution >= 4 is 12.0 Å². The van der Waals surface area contributed by atoms with E-state index in [-0.39, 0.29) is 5.91 Å². The molecule has 0 aliphatic carbocycles. The molecule has 1 aromatic heterocycles. The SMILES string of the molecule is CC(=O)NCCC=Cc1ccnn1C. The molecule has 0 bridgehead atoms. The fourth-order valence-electron chi connectivity index (χ4n) is 1.08. The molecule has 14 heavy (non-hydrogen) atoms. The summed E-state index contributed by atoms with van der Waals surface area (Å²) in [5.74, 6) is 0.0129. The molecule has 0 saturated carbocycles. The molecule has 0 radical (unpaired) electrons. The number of rotatable bonds is 4. The molecule has 1 amide bonds. The third-order valence-electron chi connectivity index (χ3n) is 1.83. The molecule has 0 spiro atoms. The van der Waals surface area contributed by atoms with E-state index in [0.717, 1.165) is 12.1 Å². The average molecular weight is 193 g/mol. The van der Waals surface area contributed by atoms with Crippen molar-refractivity contribution in [3.63, 3.8) is 0 Å². The van der Waals surface area contributed by atoms with E-state index in [0.29, 0.717) is 6.54 Å². The molecule has 0 aromatic carbocycles. The molecule has 1 N–H and O–H groups in total. The maximum atomic E-state index is 10.5. The molecule has 1 rings (SSSR count). The Hall–Kier alpha value is -1.58. The number of hydrogen-bond donors (Lipinski definition) is 1. The summed E-state index contributed by atoms with van der Waals surface area (Å²) >= 11 is 0. The van der Waals surface area contributed by atoms with Crippen LogP contribution in [-0.2, 0) is 11.8 Å². The van der Waals surface area contributed by atoms with Gasteiger partial charge in [-0.15, -0.1) is 0 Å². The molecule has 0 aliphatic heterocycles. The summed E-state index contributed by atoms with van der Waals surface area (Å²) in [5.41, 5.74) is 1.06. The molecule has 0 atom stereocenters. The number of nitrogens with zero attached hydrogens (tertiary/aromatic N) is 2. The van der Waals surface area contributed by atoms with Gasteiger partial charge in [0.25, 0.3) is 0 Å². The van der Waals surface area contributed by atoms with Gasteiger partial charge < -0.3 is 5.32 Å². The van der Waals surface area contributed by atoms with E-state index in [4.69, 9.17) is 0 Å². The van der Waals surface area contributed by atoms with Crippen molar-refractivity contribution in [2.24, 2.45) is 7.05 Å². The van der Waals surface area contributed by atoms with Gasteiger partial charge in [-0.05, 0) is 18.6 Å². The maximum absolute atomic E-state index is 10.5. The Balaban J connectivity index is 2.28. The van der Waals surface area contributed by atoms with E-state index in [1.165, 1.54) is 6.92 Å². The lowest BCUT2D eigenvalue weighted by atomic mass is 10.3. The van der Waals surface area contributed by atoms with Crippen molar-refractivity contribution < 1.29 is 4.79 Å². The summed E-state index contributed by atoms with van der Waals surface area (Å²) in [6, 6.07) is 1.94. The molecule has 0 unspecified atom stereocenters. The van der Waals surface area contributed by atoms with Crippen molar-refractivity contribution in [1.82, 2.24) is 15.1 Å². The molecule has 1 aromatic rings. The Bertz CT molecular complexity index is 328. The van der Waals surface area contributed by atoms with E-state index in [1.807, 2.05) is 25.3 Å². The normalized spacial score (nSPS) is 10.7. The van der Waals surface area contributed by atoms with Crippen LogP contribution in [0.15, 0.2) is 18.3 Å². The van der Waals surface area contributed by atoms with Crippen molar-refractivity contribution in [2.45, 2.75) is 13.3 Å². The molecular formula is C10H15N3O. The predicted molar refractivity (Wildman–Crippen MR) is 55.5 cm³/mol. The van der Waals surface area contributed by atoms with Crippen LogP contribution in [0.1, 0.15) is 19.0 Å². The summed E-state index contributed by atoms with van der Waals surface area (Å²) in [7, 11) is 1.90. The van der Waals surface area contributed by atoms with Crippen LogP contribution in [0.2, 0.25) is 0 Å². The standard InChI is InChI=1S/C10H15N3O/c1-9(14)11-7-4-3-5-10-6-8-12-13(10)2/h3,5-6,8H,4,7H2,1-2H3,(H,11,14). The van der Waals surface area contributed by atoms with E-state index in [1.54, 1.807) is 10.9 Å². The van der Waals surface area contributed by atoms with Crippen molar-refractivity contribution in [3.8, 4) is 0 Å². The molecule has 4 nitrogen and oxygen atoms in total. The number of carbonyl (C=O) groups is 1. The third-order valence-corrected chi connectivity index (χ3v) is 1.83. The molecule has 0 saturated heterocycles. The smallest absolute Gasteiger partial charge is 0.216 e. The highest BCUT2D eigenvalue weighted by Crippen LogP contribution is 1.99. The van der Waals surface area contributed by atoms with Crippen LogP contribution in [0.25, 0.3) is 6.08 Å². The first-order chi connectivity index (χ1) is 6.70. The number of aromatic nitrogens is 2. The van der Waals surface area contributed by atoms with Gasteiger partial charge in [0.05, 0.1) is 5.69 Å². The Morgan fingerprint density at radius 2 is 2.50 bits per heavy atom. The van der Waals surface area contributed by atoms with Crippen LogP contribution in [-0.4, -0.2) is 22.2 Å². The van der Waals surface area contributed by atoms with Gasteiger partial charge >= 0.3 is 0 Å². The highest BCUT2D eigenvalue weighted by molar-refractivity contribution is 5.72. The Labute approximate surface area is 83.6 Å². The minimum absolute atomic E-state index is 0.0129. The van der Waals surface area contributed by atoms with Gasteiger partial charge in [0.1, 0.15) is 0 Å². The largest absolute Gasteiger partial charge is 0.356 e. The van der Waals surface area contributed by atoms with E-state index in [9.17, 15) is 4.79 Å². The third kappa shape index (κ3) is 3.43. The van der Waals surface area contributed by atoms with Gasteiger partial charge in [0, 0.05) is 26.7 Å². The predicted octanol–water partition coefficient (Wildman–Crippen LogP) is 0.960. The van der Waals surface area contributed by atoms with E-state index < -0.39 is 0 Å². The van der Waals surface area contributed by atoms with Gasteiger partial charge in [-0.3, -0.25) is 9.48 Å². The second kappa shape index (κ2) is 5.21. The number of hydrogen-bond acceptors (Lipinski definition) is 2. The van der Waals surface area contributed by atoms with Crippen LogP contribution in [0, 0.1) is 0 Å². The first-order valence-corrected chi connectivity index (χ1v) is 4.59. The molecule has 0 aliphatic rings. The summed E-state index contributed by atoms with van der Waals surface area (Å²) in [6.07, 6.45) is 6.61. The van der Waals surface area contributed by atoms with Crippen LogP contribution in [0.5, 0.6) is 0 Å². The topological polar surface area (TPSA) is 46.9 Å². The first kappa shape index (κ1) is 10.5. The number of amides is 1. The zero-order chi connectivity index (χ0) is 10.4. The van der Waals surface area contributed by atoms with Gasteiger partial charge in [-0.2, -0.15) is 5.10 Å². The van der Waals surface area contributed by atoms with E-state index >= 15 is 0 Å². The van der Waals surface area contributed by atoms with Crippen molar-refractivity contribution in [2.75, 3.05) is 6.54 Å². The number of nitrogens with one attached hydrogen (secondary N) is 1. The maximum Gasteiger partial charge on any atom is 0.216 e. The van der Waals surface area contributed by atoms with Crippen LogP contribution in [0.3, 0.4) is 0 Å². The lowest BCUT2D eigenvalue weighted by Gasteiger charge is -1.97. The second-order valence-electron chi connectivity index (χ2n) is 3.05. The summed E-state index contributed by atoms with van der Waals surface area (Å²) in [4.78, 5) is 10.5. The van der Waals surface area contributed by atoms with E-state index in [2.05, 4.69) is 10.4 Å². The van der Waals surface area contributed by atoms with Gasteiger partial charge in [0.2, 0.25) is 5.91 Å². The van der Waals surface area contributed by atoms with Crippen molar-refractivity contribution in [3.05, 3.63) is 24.0 Å². The summed E-state index contributed by atoms with van der Waals surface area (Å²) in [6.45, 7) is 2.20. The summed E-state index contributed by atoms with van der Waals surface area (Å²) in [5, 5.41) is 6.77. The average Bonchev–Trinajstić information content (AvgIpc) is 2.51. The zero-order valence-electron chi connectivity index (χ0n) is 8.53. The fourth-order valence-corrected chi connectivity index (χ4v) is 1.08. The zero-order valence-corrected chi connectivity index (χ0v) is 8.53. The molecular weight excluding hydrogens is 178 g/mol. The van der Waals surface area contributed by atoms with Crippen LogP contribution >= 0.6 is 0 Å². The highest BCUT2D eigenvalue weighted by atomic mass is 16.1. The lowest BCUT2D eigenvalue weighted by molar-refractivity contribution is -0.118. The second-order valence-corrected chi connectivity index (χ2v) is 3.05. The Kier molecular flexibility index (Phi) is 3.91. The fraction of sp³-hybridized carbons (Fsp3) is 0.400. The highest BCUT2D eigenvalue weighted by Gasteiger charge is 1.91. The minimum atomic E-state index is 0.0129. The molecule has 0 fully saturated rings. The van der Waals surface area contributed by atoms with Crippen molar-refractivity contribution in [1.29, 1.82) is 0 Å². The quantitative estimate of drug-likeness (QED) is 0.724.